The highest BCUT2D eigenvalue weighted by Crippen LogP contribution is 2.11. The molecule has 0 atom stereocenters. The molecule has 0 saturated heterocycles. The standard InChI is InChI=1S/C9H11N7O/c1-10-7-6(4-3-5-11-7)8(17)12-9-13-15-16(2)14-9/h3-5H,1-2H3,(H,10,11)(H,12,14,17). The van der Waals surface area contributed by atoms with Gasteiger partial charge in [-0.15, -0.1) is 5.10 Å². The fourth-order valence-electron chi connectivity index (χ4n) is 1.29. The number of nitrogens with one attached hydrogen (secondary N) is 2. The molecule has 0 aliphatic rings. The van der Waals surface area contributed by atoms with E-state index in [9.17, 15) is 4.79 Å². The minimum atomic E-state index is -0.338. The molecule has 2 heterocycles. The summed E-state index contributed by atoms with van der Waals surface area (Å²) in [6.07, 6.45) is 1.60. The molecular weight excluding hydrogens is 222 g/mol. The normalized spacial score (nSPS) is 10.0. The van der Waals surface area contributed by atoms with E-state index < -0.39 is 0 Å². The van der Waals surface area contributed by atoms with Crippen molar-refractivity contribution in [3.8, 4) is 0 Å². The maximum Gasteiger partial charge on any atom is 0.270 e. The maximum absolute atomic E-state index is 11.9. The molecule has 8 nitrogen and oxygen atoms in total. The number of hydrogen-bond donors (Lipinski definition) is 2. The van der Waals surface area contributed by atoms with Crippen molar-refractivity contribution in [2.24, 2.45) is 7.05 Å². The number of aryl methyl sites for hydroxylation is 1. The SMILES string of the molecule is CNc1ncccc1C(=O)Nc1nnn(C)n1. The van der Waals surface area contributed by atoms with E-state index in [0.717, 1.165) is 0 Å². The van der Waals surface area contributed by atoms with Crippen LogP contribution < -0.4 is 10.6 Å². The van der Waals surface area contributed by atoms with Crippen molar-refractivity contribution in [1.29, 1.82) is 0 Å². The topological polar surface area (TPSA) is 97.6 Å². The van der Waals surface area contributed by atoms with E-state index in [-0.39, 0.29) is 11.9 Å². The first-order valence-electron chi connectivity index (χ1n) is 4.89. The molecule has 17 heavy (non-hydrogen) atoms. The number of anilines is 2. The zero-order valence-electron chi connectivity index (χ0n) is 9.38. The molecule has 2 aromatic heterocycles. The molecule has 2 rings (SSSR count). The Labute approximate surface area is 97.0 Å². The summed E-state index contributed by atoms with van der Waals surface area (Å²) in [5.41, 5.74) is 0.419. The lowest BCUT2D eigenvalue weighted by Crippen LogP contribution is -2.15. The van der Waals surface area contributed by atoms with Crippen molar-refractivity contribution in [3.05, 3.63) is 23.9 Å². The third-order valence-electron chi connectivity index (χ3n) is 2.02. The molecule has 0 fully saturated rings. The predicted molar refractivity (Wildman–Crippen MR) is 60.5 cm³/mol. The van der Waals surface area contributed by atoms with Gasteiger partial charge in [-0.3, -0.25) is 10.1 Å². The van der Waals surface area contributed by atoms with Gasteiger partial charge in [0.2, 0.25) is 0 Å². The second-order valence-corrected chi connectivity index (χ2v) is 3.21. The molecule has 1 amide bonds. The Hall–Kier alpha value is -2.51. The minimum absolute atomic E-state index is 0.156. The van der Waals surface area contributed by atoms with Crippen LogP contribution in [-0.2, 0) is 7.05 Å². The minimum Gasteiger partial charge on any atom is -0.372 e. The molecule has 0 radical (unpaired) electrons. The number of nitrogens with zero attached hydrogens (tertiary/aromatic N) is 5. The number of amides is 1. The summed E-state index contributed by atoms with van der Waals surface area (Å²) >= 11 is 0. The van der Waals surface area contributed by atoms with Crippen molar-refractivity contribution in [3.63, 3.8) is 0 Å². The Morgan fingerprint density at radius 1 is 1.47 bits per heavy atom. The quantitative estimate of drug-likeness (QED) is 0.768. The van der Waals surface area contributed by atoms with Gasteiger partial charge in [-0.1, -0.05) is 5.10 Å². The molecule has 88 valence electrons. The molecule has 0 saturated carbocycles. The van der Waals surface area contributed by atoms with E-state index in [4.69, 9.17) is 0 Å². The summed E-state index contributed by atoms with van der Waals surface area (Å²) in [5.74, 6) is 0.313. The van der Waals surface area contributed by atoms with Gasteiger partial charge in [-0.2, -0.15) is 4.80 Å². The zero-order valence-corrected chi connectivity index (χ0v) is 9.38. The van der Waals surface area contributed by atoms with Gasteiger partial charge in [0.25, 0.3) is 11.9 Å². The second kappa shape index (κ2) is 4.56. The van der Waals surface area contributed by atoms with Crippen LogP contribution in [0.5, 0.6) is 0 Å². The van der Waals surface area contributed by atoms with E-state index in [1.165, 1.54) is 4.80 Å². The molecule has 2 aromatic rings. The molecule has 0 unspecified atom stereocenters. The van der Waals surface area contributed by atoms with Crippen LogP contribution in [0.3, 0.4) is 0 Å². The summed E-state index contributed by atoms with van der Waals surface area (Å²) in [5, 5.41) is 16.5. The predicted octanol–water partition coefficient (Wildman–Crippen LogP) is -0.101. The monoisotopic (exact) mass is 233 g/mol. The van der Waals surface area contributed by atoms with E-state index in [0.29, 0.717) is 11.4 Å². The lowest BCUT2D eigenvalue weighted by atomic mass is 10.2. The number of carbonyl (C=O) groups is 1. The largest absolute Gasteiger partial charge is 0.372 e. The Kier molecular flexibility index (Phi) is 2.95. The molecule has 0 spiro atoms. The molecule has 8 heteroatoms. The van der Waals surface area contributed by atoms with Crippen LogP contribution in [0.25, 0.3) is 0 Å². The van der Waals surface area contributed by atoms with Crippen LogP contribution in [0, 0.1) is 0 Å². The van der Waals surface area contributed by atoms with Crippen molar-refractivity contribution < 1.29 is 4.79 Å². The summed E-state index contributed by atoms with van der Waals surface area (Å²) in [6, 6.07) is 3.34. The zero-order chi connectivity index (χ0) is 12.3. The van der Waals surface area contributed by atoms with Gasteiger partial charge >= 0.3 is 0 Å². The van der Waals surface area contributed by atoms with Crippen molar-refractivity contribution in [1.82, 2.24) is 25.2 Å². The number of hydrogen-bond acceptors (Lipinski definition) is 6. The van der Waals surface area contributed by atoms with Crippen LogP contribution in [0.4, 0.5) is 11.8 Å². The van der Waals surface area contributed by atoms with Crippen LogP contribution >= 0.6 is 0 Å². The Balaban J connectivity index is 2.20. The fraction of sp³-hybridized carbons (Fsp3) is 0.222. The molecule has 0 bridgehead atoms. The highest BCUT2D eigenvalue weighted by Gasteiger charge is 2.13. The third kappa shape index (κ3) is 2.36. The maximum atomic E-state index is 11.9. The van der Waals surface area contributed by atoms with Gasteiger partial charge in [0, 0.05) is 13.2 Å². The Morgan fingerprint density at radius 2 is 2.29 bits per heavy atom. The van der Waals surface area contributed by atoms with E-state index in [2.05, 4.69) is 31.0 Å². The fourth-order valence-corrected chi connectivity index (χ4v) is 1.29. The molecule has 0 aromatic carbocycles. The number of rotatable bonds is 3. The first-order valence-corrected chi connectivity index (χ1v) is 4.89. The number of pyridine rings is 1. The molecule has 0 aliphatic heterocycles. The lowest BCUT2D eigenvalue weighted by molar-refractivity contribution is 0.102. The first kappa shape index (κ1) is 11.0. The highest BCUT2D eigenvalue weighted by molar-refractivity contribution is 6.06. The summed E-state index contributed by atoms with van der Waals surface area (Å²) < 4.78 is 0. The van der Waals surface area contributed by atoms with Crippen LogP contribution in [0.1, 0.15) is 10.4 Å². The van der Waals surface area contributed by atoms with Crippen molar-refractivity contribution >= 4 is 17.7 Å². The molecule has 0 aliphatic carbocycles. The summed E-state index contributed by atoms with van der Waals surface area (Å²) in [4.78, 5) is 17.2. The van der Waals surface area contributed by atoms with E-state index >= 15 is 0 Å². The van der Waals surface area contributed by atoms with E-state index in [1.54, 1.807) is 32.4 Å². The van der Waals surface area contributed by atoms with Gasteiger partial charge in [0.15, 0.2) is 0 Å². The van der Waals surface area contributed by atoms with Crippen LogP contribution in [-0.4, -0.2) is 38.1 Å². The number of aromatic nitrogens is 5. The van der Waals surface area contributed by atoms with Crippen LogP contribution in [0.15, 0.2) is 18.3 Å². The molecular formula is C9H11N7O. The summed E-state index contributed by atoms with van der Waals surface area (Å²) in [7, 11) is 3.31. The Morgan fingerprint density at radius 3 is 2.94 bits per heavy atom. The molecule has 2 N–H and O–H groups in total. The average Bonchev–Trinajstić information content (AvgIpc) is 2.74. The van der Waals surface area contributed by atoms with Crippen molar-refractivity contribution in [2.75, 3.05) is 17.7 Å². The van der Waals surface area contributed by atoms with Gasteiger partial charge in [-0.25, -0.2) is 4.98 Å². The van der Waals surface area contributed by atoms with E-state index in [1.807, 2.05) is 0 Å². The lowest BCUT2D eigenvalue weighted by Gasteiger charge is -2.05. The second-order valence-electron chi connectivity index (χ2n) is 3.21. The third-order valence-corrected chi connectivity index (χ3v) is 2.02. The Bertz CT molecular complexity index is 536. The van der Waals surface area contributed by atoms with Gasteiger partial charge in [0.1, 0.15) is 5.82 Å². The van der Waals surface area contributed by atoms with Gasteiger partial charge in [0.05, 0.1) is 12.6 Å². The van der Waals surface area contributed by atoms with Crippen LogP contribution in [0.2, 0.25) is 0 Å². The average molecular weight is 233 g/mol. The smallest absolute Gasteiger partial charge is 0.270 e. The first-order chi connectivity index (χ1) is 8.20. The summed E-state index contributed by atoms with van der Waals surface area (Å²) in [6.45, 7) is 0. The van der Waals surface area contributed by atoms with Gasteiger partial charge in [-0.05, 0) is 17.3 Å². The number of carbonyl (C=O) groups excluding carboxylic acids is 1. The number of tetrazole rings is 1. The van der Waals surface area contributed by atoms with Gasteiger partial charge < -0.3 is 5.32 Å². The van der Waals surface area contributed by atoms with Crippen molar-refractivity contribution in [2.45, 2.75) is 0 Å². The highest BCUT2D eigenvalue weighted by atomic mass is 16.1.